The van der Waals surface area contributed by atoms with E-state index in [0.717, 1.165) is 0 Å². The summed E-state index contributed by atoms with van der Waals surface area (Å²) in [5.74, 6) is -0.215. The van der Waals surface area contributed by atoms with Gasteiger partial charge in [-0.2, -0.15) is 0 Å². The molecule has 16 heavy (non-hydrogen) atoms. The number of hydrogen-bond acceptors (Lipinski definition) is 3. The van der Waals surface area contributed by atoms with E-state index in [1.165, 1.54) is 0 Å². The second-order valence-corrected chi connectivity index (χ2v) is 7.39. The van der Waals surface area contributed by atoms with Gasteiger partial charge in [0, 0.05) is 25.4 Å². The fraction of sp³-hybridized carbons (Fsp3) is 0.900. The smallest absolute Gasteiger partial charge is 0.222 e. The van der Waals surface area contributed by atoms with Gasteiger partial charge in [0.2, 0.25) is 15.9 Å². The summed E-state index contributed by atoms with van der Waals surface area (Å²) in [5, 5.41) is 4.98. The quantitative estimate of drug-likeness (QED) is 0.773. The van der Waals surface area contributed by atoms with Gasteiger partial charge < -0.3 is 4.90 Å². The minimum Gasteiger partial charge on any atom is -0.342 e. The average Bonchev–Trinajstić information content (AvgIpc) is 2.23. The number of carbonyl (C=O) groups is 1. The lowest BCUT2D eigenvalue weighted by Crippen LogP contribution is -2.34. The van der Waals surface area contributed by atoms with E-state index in [-0.39, 0.29) is 23.0 Å². The second-order valence-electron chi connectivity index (χ2n) is 5.73. The Morgan fingerprint density at radius 2 is 2.00 bits per heavy atom. The average molecular weight is 248 g/mol. The summed E-state index contributed by atoms with van der Waals surface area (Å²) in [7, 11) is -3.48. The first-order chi connectivity index (χ1) is 7.07. The summed E-state index contributed by atoms with van der Waals surface area (Å²) in [6.45, 7) is 7.31. The molecule has 0 aliphatic carbocycles. The molecule has 1 rings (SSSR count). The zero-order chi connectivity index (χ0) is 12.6. The molecule has 1 heterocycles. The summed E-state index contributed by atoms with van der Waals surface area (Å²) in [6.07, 6.45) is 0.298. The molecule has 1 aliphatic heterocycles. The van der Waals surface area contributed by atoms with Gasteiger partial charge in [-0.15, -0.1) is 0 Å². The van der Waals surface area contributed by atoms with Gasteiger partial charge in [-0.1, -0.05) is 20.8 Å². The van der Waals surface area contributed by atoms with Crippen molar-refractivity contribution in [2.24, 2.45) is 16.5 Å². The van der Waals surface area contributed by atoms with Crippen molar-refractivity contribution in [3.8, 4) is 0 Å². The van der Waals surface area contributed by atoms with Gasteiger partial charge in [-0.05, 0) is 5.41 Å². The maximum Gasteiger partial charge on any atom is 0.222 e. The zero-order valence-corrected chi connectivity index (χ0v) is 10.9. The number of likely N-dealkylation sites (tertiary alicyclic amines) is 1. The molecule has 94 valence electrons. The molecule has 1 aliphatic rings. The Bertz CT molecular complexity index is 370. The number of nitrogens with two attached hydrogens (primary N) is 1. The van der Waals surface area contributed by atoms with Crippen LogP contribution >= 0.6 is 0 Å². The molecule has 1 amide bonds. The number of amides is 1. The Kier molecular flexibility index (Phi) is 3.64. The summed E-state index contributed by atoms with van der Waals surface area (Å²) in [6, 6.07) is 0. The van der Waals surface area contributed by atoms with Gasteiger partial charge in [0.05, 0.1) is 5.75 Å². The molecule has 1 fully saturated rings. The van der Waals surface area contributed by atoms with E-state index >= 15 is 0 Å². The van der Waals surface area contributed by atoms with Gasteiger partial charge in [0.15, 0.2) is 0 Å². The monoisotopic (exact) mass is 248 g/mol. The van der Waals surface area contributed by atoms with E-state index in [1.54, 1.807) is 4.90 Å². The van der Waals surface area contributed by atoms with Crippen molar-refractivity contribution in [1.82, 2.24) is 4.90 Å². The van der Waals surface area contributed by atoms with Crippen LogP contribution in [0.15, 0.2) is 0 Å². The lowest BCUT2D eigenvalue weighted by atomic mass is 9.96. The van der Waals surface area contributed by atoms with Crippen LogP contribution in [-0.2, 0) is 14.8 Å². The fourth-order valence-electron chi connectivity index (χ4n) is 2.02. The van der Waals surface area contributed by atoms with Crippen LogP contribution in [0.3, 0.4) is 0 Å². The summed E-state index contributed by atoms with van der Waals surface area (Å²) >= 11 is 0. The molecular formula is C10H20N2O3S. The Hall–Kier alpha value is -0.620. The van der Waals surface area contributed by atoms with Crippen LogP contribution < -0.4 is 5.14 Å². The normalized spacial score (nSPS) is 22.9. The van der Waals surface area contributed by atoms with E-state index in [9.17, 15) is 13.2 Å². The molecule has 5 nitrogen and oxygen atoms in total. The molecule has 0 bridgehead atoms. The van der Waals surface area contributed by atoms with Crippen LogP contribution in [0.2, 0.25) is 0 Å². The number of sulfonamides is 1. The minimum absolute atomic E-state index is 0.0311. The van der Waals surface area contributed by atoms with E-state index in [4.69, 9.17) is 5.14 Å². The first-order valence-corrected chi connectivity index (χ1v) is 7.07. The third-order valence-electron chi connectivity index (χ3n) is 2.43. The first-order valence-electron chi connectivity index (χ1n) is 5.35. The number of primary sulfonamides is 1. The Morgan fingerprint density at radius 1 is 1.44 bits per heavy atom. The van der Waals surface area contributed by atoms with Crippen LogP contribution in [0, 0.1) is 11.3 Å². The van der Waals surface area contributed by atoms with Crippen LogP contribution in [-0.4, -0.2) is 38.1 Å². The second kappa shape index (κ2) is 4.33. The molecule has 0 radical (unpaired) electrons. The van der Waals surface area contributed by atoms with Crippen LogP contribution in [0.1, 0.15) is 27.2 Å². The van der Waals surface area contributed by atoms with Crippen molar-refractivity contribution in [3.05, 3.63) is 0 Å². The number of carbonyl (C=O) groups excluding carboxylic acids is 1. The fourth-order valence-corrected chi connectivity index (χ4v) is 2.90. The van der Waals surface area contributed by atoms with E-state index in [2.05, 4.69) is 0 Å². The summed E-state index contributed by atoms with van der Waals surface area (Å²) < 4.78 is 21.9. The highest BCUT2D eigenvalue weighted by atomic mass is 32.2. The highest BCUT2D eigenvalue weighted by Crippen LogP contribution is 2.23. The predicted molar refractivity (Wildman–Crippen MR) is 62.1 cm³/mol. The Morgan fingerprint density at radius 3 is 2.44 bits per heavy atom. The SMILES string of the molecule is CC(C)(C)CN1CC(CS(N)(=O)=O)CC1=O. The van der Waals surface area contributed by atoms with Gasteiger partial charge in [0.1, 0.15) is 0 Å². The van der Waals surface area contributed by atoms with Gasteiger partial charge in [-0.25, -0.2) is 13.6 Å². The summed E-state index contributed by atoms with van der Waals surface area (Å²) in [5.41, 5.74) is 0.0339. The van der Waals surface area contributed by atoms with Crippen LogP contribution in [0.5, 0.6) is 0 Å². The van der Waals surface area contributed by atoms with Gasteiger partial charge in [0.25, 0.3) is 0 Å². The molecule has 0 aromatic heterocycles. The maximum absolute atomic E-state index is 11.6. The van der Waals surface area contributed by atoms with Crippen molar-refractivity contribution in [2.75, 3.05) is 18.8 Å². The third-order valence-corrected chi connectivity index (χ3v) is 3.36. The van der Waals surface area contributed by atoms with Crippen molar-refractivity contribution < 1.29 is 13.2 Å². The van der Waals surface area contributed by atoms with Gasteiger partial charge in [-0.3, -0.25) is 4.79 Å². The van der Waals surface area contributed by atoms with Crippen molar-refractivity contribution >= 4 is 15.9 Å². The zero-order valence-electron chi connectivity index (χ0n) is 10.1. The molecule has 1 unspecified atom stereocenters. The molecule has 0 saturated carbocycles. The van der Waals surface area contributed by atoms with E-state index in [1.807, 2.05) is 20.8 Å². The Labute approximate surface area is 97.0 Å². The highest BCUT2D eigenvalue weighted by Gasteiger charge is 2.33. The molecule has 0 aromatic carbocycles. The molecule has 1 saturated heterocycles. The number of nitrogens with zero attached hydrogens (tertiary/aromatic N) is 1. The van der Waals surface area contributed by atoms with Crippen molar-refractivity contribution in [3.63, 3.8) is 0 Å². The molecule has 1 atom stereocenters. The van der Waals surface area contributed by atoms with Gasteiger partial charge >= 0.3 is 0 Å². The van der Waals surface area contributed by atoms with Crippen LogP contribution in [0.4, 0.5) is 0 Å². The number of rotatable bonds is 3. The number of hydrogen-bond donors (Lipinski definition) is 1. The summed E-state index contributed by atoms with van der Waals surface area (Å²) in [4.78, 5) is 13.4. The standard InChI is InChI=1S/C10H20N2O3S/c1-10(2,3)7-12-5-8(4-9(12)13)6-16(11,14)15/h8H,4-7H2,1-3H3,(H2,11,14,15). The first kappa shape index (κ1) is 13.4. The molecule has 0 spiro atoms. The minimum atomic E-state index is -3.48. The highest BCUT2D eigenvalue weighted by molar-refractivity contribution is 7.89. The topological polar surface area (TPSA) is 80.5 Å². The predicted octanol–water partition coefficient (Wildman–Crippen LogP) is 0.170. The molecule has 0 aromatic rings. The van der Waals surface area contributed by atoms with E-state index in [0.29, 0.717) is 19.5 Å². The maximum atomic E-state index is 11.6. The Balaban J connectivity index is 2.58. The van der Waals surface area contributed by atoms with Crippen molar-refractivity contribution in [2.45, 2.75) is 27.2 Å². The molecule has 2 N–H and O–H groups in total. The molecular weight excluding hydrogens is 228 g/mol. The van der Waals surface area contributed by atoms with Crippen LogP contribution in [0.25, 0.3) is 0 Å². The lowest BCUT2D eigenvalue weighted by Gasteiger charge is -2.26. The lowest BCUT2D eigenvalue weighted by molar-refractivity contribution is -0.128. The largest absolute Gasteiger partial charge is 0.342 e. The molecule has 6 heteroatoms. The van der Waals surface area contributed by atoms with E-state index < -0.39 is 10.0 Å². The van der Waals surface area contributed by atoms with Crippen molar-refractivity contribution in [1.29, 1.82) is 0 Å². The third kappa shape index (κ3) is 4.49.